The summed E-state index contributed by atoms with van der Waals surface area (Å²) in [5.41, 5.74) is 1.18. The summed E-state index contributed by atoms with van der Waals surface area (Å²) in [6.07, 6.45) is 1.40. The van der Waals surface area contributed by atoms with Crippen LogP contribution in [0.2, 0.25) is 0 Å². The van der Waals surface area contributed by atoms with Gasteiger partial charge in [0, 0.05) is 16.9 Å². The van der Waals surface area contributed by atoms with Crippen LogP contribution >= 0.6 is 0 Å². The van der Waals surface area contributed by atoms with E-state index in [9.17, 15) is 18.0 Å². The van der Waals surface area contributed by atoms with E-state index in [4.69, 9.17) is 9.56 Å². The van der Waals surface area contributed by atoms with Crippen molar-refractivity contribution in [1.29, 1.82) is 0 Å². The summed E-state index contributed by atoms with van der Waals surface area (Å²) in [4.78, 5) is 24.2. The summed E-state index contributed by atoms with van der Waals surface area (Å²) in [6.45, 7) is 0. The third kappa shape index (κ3) is 4.60. The Hall–Kier alpha value is -3.43. The number of hydrogen-bond donors (Lipinski definition) is 3. The Kier molecular flexibility index (Phi) is 5.06. The van der Waals surface area contributed by atoms with Crippen LogP contribution in [-0.2, 0) is 10.0 Å². The fourth-order valence-electron chi connectivity index (χ4n) is 2.27. The third-order valence-corrected chi connectivity index (χ3v) is 4.50. The maximum absolute atomic E-state index is 12.3. The van der Waals surface area contributed by atoms with Gasteiger partial charge in [-0.05, 0) is 54.6 Å². The van der Waals surface area contributed by atoms with Crippen molar-refractivity contribution in [2.45, 2.75) is 4.90 Å². The molecule has 3 rings (SSSR count). The van der Waals surface area contributed by atoms with E-state index in [1.54, 1.807) is 30.3 Å². The Balaban J connectivity index is 1.70. The van der Waals surface area contributed by atoms with Crippen molar-refractivity contribution in [1.82, 2.24) is 0 Å². The molecule has 0 saturated carbocycles. The highest BCUT2D eigenvalue weighted by molar-refractivity contribution is 7.89. The molecule has 0 atom stereocenters. The molecule has 4 N–H and O–H groups in total. The van der Waals surface area contributed by atoms with Crippen molar-refractivity contribution in [2.75, 3.05) is 10.6 Å². The van der Waals surface area contributed by atoms with E-state index in [-0.39, 0.29) is 16.2 Å². The summed E-state index contributed by atoms with van der Waals surface area (Å²) >= 11 is 0. The van der Waals surface area contributed by atoms with Crippen LogP contribution in [0.4, 0.5) is 11.4 Å². The number of rotatable bonds is 5. The van der Waals surface area contributed by atoms with Crippen molar-refractivity contribution in [3.8, 4) is 0 Å². The van der Waals surface area contributed by atoms with Crippen LogP contribution in [0.25, 0.3) is 0 Å². The zero-order valence-electron chi connectivity index (χ0n) is 13.9. The van der Waals surface area contributed by atoms with Gasteiger partial charge in [0.05, 0.1) is 11.2 Å². The van der Waals surface area contributed by atoms with Gasteiger partial charge in [-0.3, -0.25) is 9.59 Å². The summed E-state index contributed by atoms with van der Waals surface area (Å²) in [5.74, 6) is -0.688. The first-order valence-corrected chi connectivity index (χ1v) is 9.27. The van der Waals surface area contributed by atoms with Crippen LogP contribution in [0.15, 0.2) is 76.2 Å². The van der Waals surface area contributed by atoms with E-state index in [1.807, 2.05) is 0 Å². The fourth-order valence-corrected chi connectivity index (χ4v) is 2.79. The second-order valence-electron chi connectivity index (χ2n) is 5.54. The molecule has 2 aromatic carbocycles. The lowest BCUT2D eigenvalue weighted by Crippen LogP contribution is -2.15. The number of sulfonamides is 1. The molecule has 1 heterocycles. The number of carbonyl (C=O) groups excluding carboxylic acids is 2. The molecule has 2 amide bonds. The molecule has 0 fully saturated rings. The minimum absolute atomic E-state index is 0.0818. The molecule has 0 radical (unpaired) electrons. The first kappa shape index (κ1) is 18.4. The van der Waals surface area contributed by atoms with Gasteiger partial charge in [-0.2, -0.15) is 0 Å². The predicted molar refractivity (Wildman–Crippen MR) is 98.9 cm³/mol. The van der Waals surface area contributed by atoms with Crippen molar-refractivity contribution in [2.24, 2.45) is 5.14 Å². The van der Waals surface area contributed by atoms with Crippen LogP contribution in [0, 0.1) is 0 Å². The molecule has 0 unspecified atom stereocenters. The molecule has 0 aliphatic heterocycles. The zero-order chi connectivity index (χ0) is 19.4. The molecule has 0 spiro atoms. The molecule has 0 aliphatic rings. The lowest BCUT2D eigenvalue weighted by Gasteiger charge is -2.08. The van der Waals surface area contributed by atoms with E-state index in [0.29, 0.717) is 11.4 Å². The zero-order valence-corrected chi connectivity index (χ0v) is 14.7. The Bertz CT molecular complexity index is 1070. The van der Waals surface area contributed by atoms with Gasteiger partial charge in [-0.25, -0.2) is 13.6 Å². The molecule has 27 heavy (non-hydrogen) atoms. The molecule has 9 heteroatoms. The van der Waals surface area contributed by atoms with E-state index in [1.165, 1.54) is 36.6 Å². The number of amides is 2. The quantitative estimate of drug-likeness (QED) is 0.621. The summed E-state index contributed by atoms with van der Waals surface area (Å²) in [7, 11) is -3.82. The lowest BCUT2D eigenvalue weighted by atomic mass is 10.2. The normalized spacial score (nSPS) is 11.0. The Morgan fingerprint density at radius 3 is 2.04 bits per heavy atom. The summed E-state index contributed by atoms with van der Waals surface area (Å²) < 4.78 is 27.5. The highest BCUT2D eigenvalue weighted by atomic mass is 32.2. The molecule has 0 aliphatic carbocycles. The number of benzene rings is 2. The SMILES string of the molecule is NS(=O)(=O)c1ccc(C(=O)Nc2cccc(NC(=O)c3ccco3)c2)cc1. The van der Waals surface area contributed by atoms with Crippen molar-refractivity contribution >= 4 is 33.2 Å². The number of hydrogen-bond acceptors (Lipinski definition) is 5. The molecule has 0 bridgehead atoms. The molecular weight excluding hydrogens is 370 g/mol. The molecule has 8 nitrogen and oxygen atoms in total. The maximum Gasteiger partial charge on any atom is 0.291 e. The van der Waals surface area contributed by atoms with Crippen LogP contribution in [0.5, 0.6) is 0 Å². The highest BCUT2D eigenvalue weighted by Crippen LogP contribution is 2.18. The summed E-state index contributed by atoms with van der Waals surface area (Å²) in [5, 5.41) is 10.4. The van der Waals surface area contributed by atoms with Crippen LogP contribution in [0.3, 0.4) is 0 Å². The maximum atomic E-state index is 12.3. The van der Waals surface area contributed by atoms with E-state index < -0.39 is 21.8 Å². The molecule has 0 saturated heterocycles. The van der Waals surface area contributed by atoms with Crippen molar-refractivity contribution in [3.63, 3.8) is 0 Å². The average Bonchev–Trinajstić information content (AvgIpc) is 3.16. The first-order valence-electron chi connectivity index (χ1n) is 7.72. The fraction of sp³-hybridized carbons (Fsp3) is 0. The lowest BCUT2D eigenvalue weighted by molar-refractivity contribution is 0.0995. The van der Waals surface area contributed by atoms with Gasteiger partial charge in [0.25, 0.3) is 11.8 Å². The van der Waals surface area contributed by atoms with Gasteiger partial charge in [0.15, 0.2) is 5.76 Å². The van der Waals surface area contributed by atoms with Gasteiger partial charge in [0.1, 0.15) is 0 Å². The Morgan fingerprint density at radius 1 is 0.852 bits per heavy atom. The number of furan rings is 1. The van der Waals surface area contributed by atoms with Gasteiger partial charge < -0.3 is 15.1 Å². The minimum atomic E-state index is -3.82. The van der Waals surface area contributed by atoms with E-state index in [0.717, 1.165) is 0 Å². The number of anilines is 2. The largest absolute Gasteiger partial charge is 0.459 e. The number of nitrogens with two attached hydrogens (primary N) is 1. The standard InChI is InChI=1S/C18H15N3O5S/c19-27(24,25)15-8-6-12(7-9-15)17(22)20-13-3-1-4-14(11-13)21-18(23)16-5-2-10-26-16/h1-11H,(H,20,22)(H,21,23)(H2,19,24,25). The first-order chi connectivity index (χ1) is 12.8. The molecule has 138 valence electrons. The smallest absolute Gasteiger partial charge is 0.291 e. The Morgan fingerprint density at radius 2 is 1.48 bits per heavy atom. The monoisotopic (exact) mass is 385 g/mol. The van der Waals surface area contributed by atoms with Crippen LogP contribution < -0.4 is 15.8 Å². The van der Waals surface area contributed by atoms with Gasteiger partial charge in [-0.1, -0.05) is 6.07 Å². The second-order valence-corrected chi connectivity index (χ2v) is 7.10. The third-order valence-electron chi connectivity index (χ3n) is 3.57. The van der Waals surface area contributed by atoms with Crippen molar-refractivity contribution < 1.29 is 22.4 Å². The topological polar surface area (TPSA) is 132 Å². The summed E-state index contributed by atoms with van der Waals surface area (Å²) in [6, 6.07) is 14.9. The number of carbonyl (C=O) groups is 2. The van der Waals surface area contributed by atoms with Crippen LogP contribution in [-0.4, -0.2) is 20.2 Å². The average molecular weight is 385 g/mol. The van der Waals surface area contributed by atoms with Gasteiger partial charge in [0.2, 0.25) is 10.0 Å². The second kappa shape index (κ2) is 7.44. The molecular formula is C18H15N3O5S. The van der Waals surface area contributed by atoms with Gasteiger partial charge in [-0.15, -0.1) is 0 Å². The number of nitrogens with one attached hydrogen (secondary N) is 2. The molecule has 1 aromatic heterocycles. The minimum Gasteiger partial charge on any atom is -0.459 e. The number of primary sulfonamides is 1. The highest BCUT2D eigenvalue weighted by Gasteiger charge is 2.12. The van der Waals surface area contributed by atoms with Gasteiger partial charge >= 0.3 is 0 Å². The Labute approximate surface area is 155 Å². The van der Waals surface area contributed by atoms with Crippen LogP contribution in [0.1, 0.15) is 20.9 Å². The van der Waals surface area contributed by atoms with E-state index in [2.05, 4.69) is 10.6 Å². The molecule has 3 aromatic rings. The van der Waals surface area contributed by atoms with E-state index >= 15 is 0 Å². The predicted octanol–water partition coefficient (Wildman–Crippen LogP) is 2.43. The van der Waals surface area contributed by atoms with Crippen molar-refractivity contribution in [3.05, 3.63) is 78.3 Å².